The highest BCUT2D eigenvalue weighted by atomic mass is 16.3. The zero-order valence-corrected chi connectivity index (χ0v) is 69.5. The molecule has 14 aromatic carbocycles. The lowest BCUT2D eigenvalue weighted by atomic mass is 9.83. The fourth-order valence-electron chi connectivity index (χ4n) is 18.3. The zero-order valence-electron chi connectivity index (χ0n) is 76.5. The van der Waals surface area contributed by atoms with Gasteiger partial charge in [0.05, 0.1) is 0 Å². The van der Waals surface area contributed by atoms with Crippen molar-refractivity contribution >= 4 is 131 Å². The van der Waals surface area contributed by atoms with E-state index >= 15 is 0 Å². The molecule has 0 unspecified atom stereocenters. The maximum absolute atomic E-state index is 9.01. The first kappa shape index (κ1) is 67.9. The van der Waals surface area contributed by atoms with Crippen molar-refractivity contribution < 1.29 is 45.5 Å². The first-order valence-corrected chi connectivity index (χ1v) is 41.8. The van der Waals surface area contributed by atoms with Crippen LogP contribution in [0.5, 0.6) is 0 Å². The van der Waals surface area contributed by atoms with Crippen molar-refractivity contribution in [2.45, 2.75) is 86.3 Å². The van der Waals surface area contributed by atoms with Crippen LogP contribution in [-0.2, 0) is 28.2 Å². The third kappa shape index (κ3) is 14.4. The van der Waals surface area contributed by atoms with Gasteiger partial charge in [0.2, 0.25) is 47.6 Å². The lowest BCUT2D eigenvalue weighted by Gasteiger charge is -2.22. The smallest absolute Gasteiger partial charge is 0.213 e. The Kier molecular flexibility index (Phi) is 17.4. The number of nitrogens with zero attached hydrogens (tertiary/aromatic N) is 4. The van der Waals surface area contributed by atoms with E-state index in [2.05, 4.69) is 299 Å². The molecule has 23 rings (SSSR count). The summed E-state index contributed by atoms with van der Waals surface area (Å²) in [6, 6.07) is 101. The van der Waals surface area contributed by atoms with Crippen LogP contribution in [0.25, 0.3) is 198 Å². The molecule has 22 aromatic rings. The van der Waals surface area contributed by atoms with Crippen molar-refractivity contribution in [3.05, 3.63) is 360 Å². The summed E-state index contributed by atoms with van der Waals surface area (Å²) >= 11 is 0. The average Bonchev–Trinajstić information content (AvgIpc) is 1.56. The average molecular weight is 1580 g/mol. The molecule has 121 heavy (non-hydrogen) atoms. The van der Waals surface area contributed by atoms with E-state index in [1.165, 1.54) is 94.8 Å². The van der Waals surface area contributed by atoms with Gasteiger partial charge in [0.25, 0.3) is 0 Å². The first-order valence-electron chi connectivity index (χ1n) is 45.3. The Labute approximate surface area is 714 Å². The van der Waals surface area contributed by atoms with E-state index in [4.69, 9.17) is 27.3 Å². The Bertz CT molecular complexity index is 8210. The van der Waals surface area contributed by atoms with Gasteiger partial charge in [-0.2, -0.15) is 18.3 Å². The minimum absolute atomic E-state index is 0.359. The molecular formula is C113H96N4O4+4. The highest BCUT2D eigenvalue weighted by molar-refractivity contribution is 6.14. The maximum atomic E-state index is 9.01. The summed E-state index contributed by atoms with van der Waals surface area (Å²) in [5.41, 5.74) is 28.2. The number of pyridine rings is 4. The molecule has 1 fully saturated rings. The molecule has 8 aromatic heterocycles. The molecule has 8 heteroatoms. The van der Waals surface area contributed by atoms with Crippen LogP contribution in [0, 0.1) is 48.3 Å². The predicted molar refractivity (Wildman–Crippen MR) is 501 cm³/mol. The van der Waals surface area contributed by atoms with Crippen molar-refractivity contribution in [2.75, 3.05) is 0 Å². The molecule has 8 nitrogen and oxygen atoms in total. The van der Waals surface area contributed by atoms with E-state index in [0.717, 1.165) is 169 Å². The van der Waals surface area contributed by atoms with Gasteiger partial charge in [0, 0.05) is 99.2 Å². The van der Waals surface area contributed by atoms with Gasteiger partial charge >= 0.3 is 0 Å². The Morgan fingerprint density at radius 2 is 0.579 bits per heavy atom. The lowest BCUT2D eigenvalue weighted by Crippen LogP contribution is -2.30. The van der Waals surface area contributed by atoms with Crippen LogP contribution >= 0.6 is 0 Å². The van der Waals surface area contributed by atoms with Crippen LogP contribution in [0.15, 0.2) is 334 Å². The molecule has 0 amide bonds. The number of aryl methyl sites for hydroxylation is 11. The Morgan fingerprint density at radius 3 is 0.950 bits per heavy atom. The SMILES string of the molecule is Cc1ccccc1-c1cc2c(c[n+]1C)oc1cc3cc(-c4ccccc4)ccc3cc12.[2H]C([2H])([2H])c1ccc(-c2cc3c(c[n+]2C)oc2cc4cc(-c5ccccc5)ccc4cc23)c(C)c1.[2H]C([2H])([2H])c1ccc(-c2cc3c(c[n+]2C)oc2cc4cc(C)ccc4cc23)c(C)c1.[2H]C1(c2ccc3cc4c(cc3c2)oc2c[n+](C)c(-c3ccccc3C)cc24)CCCCC1. The number of rotatable bonds is 7. The van der Waals surface area contributed by atoms with Crippen molar-refractivity contribution in [1.29, 1.82) is 0 Å². The largest absolute Gasteiger partial charge is 0.450 e. The second-order valence-electron chi connectivity index (χ2n) is 33.1. The van der Waals surface area contributed by atoms with Gasteiger partial charge in [0.15, 0.2) is 22.3 Å². The summed E-state index contributed by atoms with van der Waals surface area (Å²) in [6.45, 7) is 6.11. The predicted octanol–water partition coefficient (Wildman–Crippen LogP) is 28.5. The van der Waals surface area contributed by atoms with Crippen LogP contribution in [0.3, 0.4) is 0 Å². The van der Waals surface area contributed by atoms with E-state index in [9.17, 15) is 0 Å². The fourth-order valence-corrected chi connectivity index (χ4v) is 18.3. The van der Waals surface area contributed by atoms with Crippen LogP contribution in [-0.4, -0.2) is 0 Å². The Balaban J connectivity index is 0.000000107. The van der Waals surface area contributed by atoms with Crippen LogP contribution in [0.2, 0.25) is 0 Å². The summed E-state index contributed by atoms with van der Waals surface area (Å²) in [4.78, 5) is 0. The molecule has 0 bridgehead atoms. The number of benzene rings is 14. The molecule has 1 saturated carbocycles. The summed E-state index contributed by atoms with van der Waals surface area (Å²) < 4.78 is 88.5. The fraction of sp³-hybridized carbons (Fsp3) is 0.150. The summed E-state index contributed by atoms with van der Waals surface area (Å²) in [7, 11) is 8.13. The third-order valence-corrected chi connectivity index (χ3v) is 24.8. The quantitative estimate of drug-likeness (QED) is 0.149. The molecule has 0 N–H and O–H groups in total. The molecule has 0 saturated heterocycles. The topological polar surface area (TPSA) is 68.1 Å². The van der Waals surface area contributed by atoms with Crippen LogP contribution < -0.4 is 18.3 Å². The molecule has 588 valence electrons. The standard InChI is InChI=1S/C30H24NO.C29H28NO.C29H22NO.C25H22NO/c1-19-9-12-25(20(2)13-19)28-17-27-26-15-23-11-10-22(21-7-5-4-6-8-21)14-24(23)16-29(26)32-30(27)18-31(28)3;2*1-19-8-6-7-11-24(19)27-17-26-25-15-22-13-12-21(20-9-4-3-5-10-20)14-23(22)16-28(25)31-29(26)18-30(27)2;1-15-6-8-20(17(3)9-15)23-13-22-21-11-18-7-5-16(2)10-19(18)12-24(21)27-25(22)14-26(23)4/h4-18H,1-3H3;6-8,11-18,20H,3-5,9-10H2,1-2H3;3-18H,1-2H3;5-14H,1-4H3/q4*+1/i1D3;20D;;1D3. The second-order valence-corrected chi connectivity index (χ2v) is 33.1. The molecule has 1 aliphatic rings. The number of fused-ring (bicyclic) bond motifs is 16. The zero-order chi connectivity index (χ0) is 88.3. The minimum Gasteiger partial charge on any atom is -0.450 e. The third-order valence-electron chi connectivity index (χ3n) is 24.8. The Hall–Kier alpha value is -14.1. The van der Waals surface area contributed by atoms with Crippen molar-refractivity contribution in [1.82, 2.24) is 0 Å². The van der Waals surface area contributed by atoms with Crippen LogP contribution in [0.4, 0.5) is 0 Å². The van der Waals surface area contributed by atoms with E-state index < -0.39 is 19.6 Å². The molecular weight excluding hydrogens is 1480 g/mol. The van der Waals surface area contributed by atoms with E-state index in [0.29, 0.717) is 11.1 Å². The van der Waals surface area contributed by atoms with Gasteiger partial charge < -0.3 is 17.7 Å². The van der Waals surface area contributed by atoms with Crippen molar-refractivity contribution in [3.8, 4) is 67.3 Å². The van der Waals surface area contributed by atoms with Gasteiger partial charge in [-0.3, -0.25) is 0 Å². The number of furan rings is 4. The van der Waals surface area contributed by atoms with Gasteiger partial charge in [-0.1, -0.05) is 218 Å². The normalized spacial score (nSPS) is 13.9. The van der Waals surface area contributed by atoms with E-state index in [1.807, 2.05) is 73.7 Å². The maximum Gasteiger partial charge on any atom is 0.213 e. The highest BCUT2D eigenvalue weighted by Gasteiger charge is 2.26. The Morgan fingerprint density at radius 1 is 0.256 bits per heavy atom. The summed E-state index contributed by atoms with van der Waals surface area (Å²) in [5, 5.41) is 18.3. The second kappa shape index (κ2) is 31.0. The van der Waals surface area contributed by atoms with Crippen molar-refractivity contribution in [3.63, 3.8) is 0 Å². The monoisotopic (exact) mass is 1580 g/mol. The van der Waals surface area contributed by atoms with Gasteiger partial charge in [-0.25, -0.2) is 0 Å². The number of hydrogen-bond donors (Lipinski definition) is 0. The lowest BCUT2D eigenvalue weighted by molar-refractivity contribution is -0.659. The molecule has 8 heterocycles. The minimum atomic E-state index is -2.11. The highest BCUT2D eigenvalue weighted by Crippen LogP contribution is 2.42. The number of aromatic nitrogens is 4. The summed E-state index contributed by atoms with van der Waals surface area (Å²) in [5.74, 6) is -0.439. The molecule has 0 radical (unpaired) electrons. The molecule has 0 spiro atoms. The van der Waals surface area contributed by atoms with Gasteiger partial charge in [-0.15, -0.1) is 0 Å². The molecule has 0 atom stereocenters. The van der Waals surface area contributed by atoms with E-state index in [1.54, 1.807) is 24.3 Å². The van der Waals surface area contributed by atoms with Gasteiger partial charge in [0.1, 0.15) is 50.5 Å². The van der Waals surface area contributed by atoms with Crippen LogP contribution in [0.1, 0.15) is 92.1 Å². The number of hydrogen-bond acceptors (Lipinski definition) is 4. The summed E-state index contributed by atoms with van der Waals surface area (Å²) in [6.07, 6.45) is 13.7. The van der Waals surface area contributed by atoms with E-state index in [-0.39, 0.29) is 0 Å². The molecule has 0 aliphatic heterocycles. The van der Waals surface area contributed by atoms with Crippen molar-refractivity contribution in [2.24, 2.45) is 28.2 Å². The molecule has 1 aliphatic carbocycles. The van der Waals surface area contributed by atoms with Gasteiger partial charge in [-0.05, 0) is 245 Å². The first-order chi connectivity index (χ1) is 61.7.